The van der Waals surface area contributed by atoms with Gasteiger partial charge in [0.05, 0.1) is 0 Å². The molecule has 152 valence electrons. The number of hydrogen-bond acceptors (Lipinski definition) is 2. The van der Waals surface area contributed by atoms with Crippen LogP contribution in [0.15, 0.2) is 48.5 Å². The fraction of sp³-hybridized carbons (Fsp3) is 0.440. The lowest BCUT2D eigenvalue weighted by Gasteiger charge is -2.32. The lowest BCUT2D eigenvalue weighted by atomic mass is 9.80. The molecule has 1 fully saturated rings. The van der Waals surface area contributed by atoms with Crippen molar-refractivity contribution >= 4 is 17.5 Å². The first-order valence-corrected chi connectivity index (χ1v) is 10.8. The number of nitrogens with one attached hydrogen (secondary N) is 1. The molecule has 2 aromatic carbocycles. The third-order valence-corrected chi connectivity index (χ3v) is 6.44. The zero-order valence-corrected chi connectivity index (χ0v) is 17.4. The summed E-state index contributed by atoms with van der Waals surface area (Å²) in [4.78, 5) is 27.8. The molecular formula is C25H30N2O2. The van der Waals surface area contributed by atoms with Crippen LogP contribution in [0.2, 0.25) is 0 Å². The van der Waals surface area contributed by atoms with Crippen LogP contribution in [0.25, 0.3) is 0 Å². The number of para-hydroxylation sites is 1. The van der Waals surface area contributed by atoms with Crippen LogP contribution < -0.4 is 10.2 Å². The molecule has 1 aliphatic carbocycles. The highest BCUT2D eigenvalue weighted by Gasteiger charge is 2.37. The van der Waals surface area contributed by atoms with E-state index in [1.165, 1.54) is 11.1 Å². The van der Waals surface area contributed by atoms with Crippen molar-refractivity contribution in [3.8, 4) is 0 Å². The predicted molar refractivity (Wildman–Crippen MR) is 116 cm³/mol. The van der Waals surface area contributed by atoms with Crippen molar-refractivity contribution < 1.29 is 9.59 Å². The first-order chi connectivity index (χ1) is 14.0. The highest BCUT2D eigenvalue weighted by atomic mass is 16.2. The van der Waals surface area contributed by atoms with Crippen molar-refractivity contribution in [2.24, 2.45) is 11.8 Å². The summed E-state index contributed by atoms with van der Waals surface area (Å²) in [6, 6.07) is 16.7. The van der Waals surface area contributed by atoms with Crippen molar-refractivity contribution in [1.29, 1.82) is 0 Å². The van der Waals surface area contributed by atoms with Crippen LogP contribution in [-0.2, 0) is 22.6 Å². The number of carbonyl (C=O) groups is 2. The fourth-order valence-electron chi connectivity index (χ4n) is 4.86. The average Bonchev–Trinajstić information content (AvgIpc) is 3.07. The molecular weight excluding hydrogens is 360 g/mol. The largest absolute Gasteiger partial charge is 0.352 e. The van der Waals surface area contributed by atoms with Crippen LogP contribution in [0.4, 0.5) is 5.69 Å². The van der Waals surface area contributed by atoms with Crippen molar-refractivity contribution in [3.63, 3.8) is 0 Å². The molecule has 29 heavy (non-hydrogen) atoms. The zero-order valence-electron chi connectivity index (χ0n) is 17.4. The molecule has 4 rings (SSSR count). The second-order valence-electron chi connectivity index (χ2n) is 8.65. The van der Waals surface area contributed by atoms with E-state index in [1.807, 2.05) is 29.2 Å². The highest BCUT2D eigenvalue weighted by molar-refractivity contribution is 5.97. The molecule has 0 radical (unpaired) electrons. The number of hydrogen-bond donors (Lipinski definition) is 1. The third-order valence-electron chi connectivity index (χ3n) is 6.44. The maximum atomic E-state index is 13.2. The molecule has 1 N–H and O–H groups in total. The van der Waals surface area contributed by atoms with E-state index < -0.39 is 0 Å². The van der Waals surface area contributed by atoms with E-state index in [1.54, 1.807) is 0 Å². The van der Waals surface area contributed by atoms with Crippen molar-refractivity contribution in [1.82, 2.24) is 5.32 Å². The smallest absolute Gasteiger partial charge is 0.230 e. The summed E-state index contributed by atoms with van der Waals surface area (Å²) in [6.07, 6.45) is 4.11. The number of carbonyl (C=O) groups excluding carboxylic acids is 2. The Morgan fingerprint density at radius 3 is 2.48 bits per heavy atom. The van der Waals surface area contributed by atoms with Gasteiger partial charge in [0.25, 0.3) is 0 Å². The first-order valence-electron chi connectivity index (χ1n) is 10.8. The van der Waals surface area contributed by atoms with Crippen LogP contribution >= 0.6 is 0 Å². The van der Waals surface area contributed by atoms with Crippen LogP contribution in [0.5, 0.6) is 0 Å². The van der Waals surface area contributed by atoms with Crippen LogP contribution in [0.3, 0.4) is 0 Å². The van der Waals surface area contributed by atoms with E-state index in [0.717, 1.165) is 43.4 Å². The minimum absolute atomic E-state index is 0.0205. The van der Waals surface area contributed by atoms with E-state index >= 15 is 0 Å². The Balaban J connectivity index is 1.31. The van der Waals surface area contributed by atoms with Gasteiger partial charge in [-0.3, -0.25) is 9.59 Å². The van der Waals surface area contributed by atoms with Gasteiger partial charge in [-0.2, -0.15) is 0 Å². The minimum atomic E-state index is 0.0205. The first kappa shape index (κ1) is 19.7. The van der Waals surface area contributed by atoms with Crippen molar-refractivity contribution in [3.05, 3.63) is 65.2 Å². The van der Waals surface area contributed by atoms with Gasteiger partial charge >= 0.3 is 0 Å². The minimum Gasteiger partial charge on any atom is -0.352 e. The van der Waals surface area contributed by atoms with E-state index in [2.05, 4.69) is 43.4 Å². The van der Waals surface area contributed by atoms with Gasteiger partial charge in [-0.15, -0.1) is 0 Å². The molecule has 0 bridgehead atoms. The maximum absolute atomic E-state index is 13.2. The predicted octanol–water partition coefficient (Wildman–Crippen LogP) is 4.40. The molecule has 2 amide bonds. The van der Waals surface area contributed by atoms with Gasteiger partial charge in [0.15, 0.2) is 0 Å². The molecule has 1 unspecified atom stereocenters. The third kappa shape index (κ3) is 4.21. The molecule has 0 spiro atoms. The second-order valence-corrected chi connectivity index (χ2v) is 8.65. The number of anilines is 1. The summed E-state index contributed by atoms with van der Waals surface area (Å²) < 4.78 is 0. The lowest BCUT2D eigenvalue weighted by molar-refractivity contribution is -0.129. The maximum Gasteiger partial charge on any atom is 0.230 e. The number of nitrogens with zero attached hydrogens (tertiary/aromatic N) is 1. The Morgan fingerprint density at radius 1 is 1.00 bits per heavy atom. The van der Waals surface area contributed by atoms with Crippen LogP contribution in [0.1, 0.15) is 49.3 Å². The SMILES string of the molecule is Cc1cccc(CNC(=O)C2CCC(C(=O)N3c4ccccc4CC3C)CC2)c1. The van der Waals surface area contributed by atoms with E-state index in [9.17, 15) is 9.59 Å². The molecule has 2 aromatic rings. The molecule has 1 saturated carbocycles. The topological polar surface area (TPSA) is 49.4 Å². The molecule has 0 aromatic heterocycles. The number of benzene rings is 2. The Bertz CT molecular complexity index is 899. The van der Waals surface area contributed by atoms with Crippen LogP contribution in [0, 0.1) is 18.8 Å². The quantitative estimate of drug-likeness (QED) is 0.841. The highest BCUT2D eigenvalue weighted by Crippen LogP contribution is 2.37. The van der Waals surface area contributed by atoms with Gasteiger partial charge in [-0.05, 0) is 63.1 Å². The second kappa shape index (κ2) is 8.40. The average molecular weight is 391 g/mol. The molecule has 1 atom stereocenters. The Morgan fingerprint density at radius 2 is 1.72 bits per heavy atom. The van der Waals surface area contributed by atoms with Gasteiger partial charge in [-0.1, -0.05) is 48.0 Å². The Kier molecular flexibility index (Phi) is 5.70. The van der Waals surface area contributed by atoms with Crippen molar-refractivity contribution in [2.45, 2.75) is 58.5 Å². The van der Waals surface area contributed by atoms with Crippen molar-refractivity contribution in [2.75, 3.05) is 4.90 Å². The Hall–Kier alpha value is -2.62. The molecule has 4 nitrogen and oxygen atoms in total. The number of fused-ring (bicyclic) bond motifs is 1. The summed E-state index contributed by atoms with van der Waals surface area (Å²) in [5.74, 6) is 0.412. The summed E-state index contributed by atoms with van der Waals surface area (Å²) in [5, 5.41) is 3.08. The molecule has 0 saturated heterocycles. The standard InChI is InChI=1S/C25H30N2O2/c1-17-6-5-7-19(14-17)16-26-24(28)20-10-12-21(13-11-20)25(29)27-18(2)15-22-8-3-4-9-23(22)27/h3-9,14,18,20-21H,10-13,15-16H2,1-2H3,(H,26,28). The van der Waals surface area contributed by atoms with Gasteiger partial charge in [0, 0.05) is 30.1 Å². The summed E-state index contributed by atoms with van der Waals surface area (Å²) in [7, 11) is 0. The summed E-state index contributed by atoms with van der Waals surface area (Å²) >= 11 is 0. The van der Waals surface area contributed by atoms with Gasteiger partial charge in [-0.25, -0.2) is 0 Å². The van der Waals surface area contributed by atoms with Gasteiger partial charge < -0.3 is 10.2 Å². The zero-order chi connectivity index (χ0) is 20.4. The summed E-state index contributed by atoms with van der Waals surface area (Å²) in [5.41, 5.74) is 4.66. The van der Waals surface area contributed by atoms with Gasteiger partial charge in [0.2, 0.25) is 11.8 Å². The van der Waals surface area contributed by atoms with E-state index in [0.29, 0.717) is 6.54 Å². The monoisotopic (exact) mass is 390 g/mol. The Labute approximate surface area is 173 Å². The fourth-order valence-corrected chi connectivity index (χ4v) is 4.86. The summed E-state index contributed by atoms with van der Waals surface area (Å²) in [6.45, 7) is 4.76. The molecule has 1 aliphatic heterocycles. The number of aryl methyl sites for hydroxylation is 1. The van der Waals surface area contributed by atoms with E-state index in [4.69, 9.17) is 0 Å². The number of rotatable bonds is 4. The van der Waals surface area contributed by atoms with Gasteiger partial charge in [0.1, 0.15) is 0 Å². The lowest BCUT2D eigenvalue weighted by Crippen LogP contribution is -2.42. The number of amides is 2. The van der Waals surface area contributed by atoms with E-state index in [-0.39, 0.29) is 29.7 Å². The molecule has 2 aliphatic rings. The molecule has 1 heterocycles. The van der Waals surface area contributed by atoms with Crippen LogP contribution in [-0.4, -0.2) is 17.9 Å². The molecule has 4 heteroatoms. The normalized spacial score (nSPS) is 23.5.